The van der Waals surface area contributed by atoms with Gasteiger partial charge in [0, 0.05) is 25.7 Å². The molecule has 0 saturated carbocycles. The van der Waals surface area contributed by atoms with Gasteiger partial charge in [-0.3, -0.25) is 37.3 Å². The summed E-state index contributed by atoms with van der Waals surface area (Å²) >= 11 is 0. The zero-order valence-electron chi connectivity index (χ0n) is 71.3. The Bertz CT molecular complexity index is 3160. The quantitative estimate of drug-likeness (QED) is 0.0169. The number of hydrogen-bond donors (Lipinski definition) is 3. The summed E-state index contributed by atoms with van der Waals surface area (Å²) in [5, 5.41) is 10.7. The lowest BCUT2D eigenvalue weighted by Crippen LogP contribution is -2.30. The molecular formula is C97H150O17P2. The molecule has 116 heavy (non-hydrogen) atoms. The summed E-state index contributed by atoms with van der Waals surface area (Å²) in [7, 11) is -10.1. The summed E-state index contributed by atoms with van der Waals surface area (Å²) in [6.45, 7) is 4.31. The van der Waals surface area contributed by atoms with Crippen LogP contribution in [0, 0.1) is 0 Å². The number of carbonyl (C=O) groups is 4. The summed E-state index contributed by atoms with van der Waals surface area (Å²) < 4.78 is 68.6. The van der Waals surface area contributed by atoms with Gasteiger partial charge in [0.25, 0.3) is 0 Å². The fraction of sp³-hybridized carbons (Fsp3) is 0.546. The van der Waals surface area contributed by atoms with Crippen LogP contribution in [0.2, 0.25) is 0 Å². The molecule has 0 saturated heterocycles. The van der Waals surface area contributed by atoms with Crippen LogP contribution < -0.4 is 0 Å². The predicted octanol–water partition coefficient (Wildman–Crippen LogP) is 26.3. The predicted molar refractivity (Wildman–Crippen MR) is 481 cm³/mol. The number of esters is 4. The van der Waals surface area contributed by atoms with Gasteiger partial charge in [0.05, 0.1) is 26.4 Å². The second-order valence-corrected chi connectivity index (χ2v) is 30.6. The van der Waals surface area contributed by atoms with Crippen LogP contribution >= 0.6 is 15.6 Å². The smallest absolute Gasteiger partial charge is 0.462 e. The minimum atomic E-state index is -5.03. The van der Waals surface area contributed by atoms with Gasteiger partial charge in [-0.1, -0.05) is 309 Å². The van der Waals surface area contributed by atoms with Crippen molar-refractivity contribution in [1.82, 2.24) is 0 Å². The SMILES string of the molecule is CC/C=C\C/C=C\C/C=C\C/C=C\C/C=C\CCCCCC(=O)OC[C@H](COP(=O)(O)OC[C@@H](O)COP(=O)(O)OC[C@@H](COC(=O)CC/C=C\C/C=C\C/C=C\C/C=C\C/C=C\CCCCC)OC(=O)CCCCC/C=C\C/C=C\C/C=C\C/C=C\C/C=C\CC)OC(=O)CC/C=C\C/C=C\C/C=C\C/C=C\C/C=C\CCCCC. The normalized spacial score (nSPS) is 14.9. The molecule has 3 N–H and O–H groups in total. The third-order valence-electron chi connectivity index (χ3n) is 16.8. The average Bonchev–Trinajstić information content (AvgIpc) is 0.898. The summed E-state index contributed by atoms with van der Waals surface area (Å²) in [5.74, 6) is -2.47. The molecule has 19 heteroatoms. The molecule has 650 valence electrons. The second kappa shape index (κ2) is 85.7. The van der Waals surface area contributed by atoms with E-state index >= 15 is 0 Å². The molecule has 0 rings (SSSR count). The van der Waals surface area contributed by atoms with Crippen molar-refractivity contribution < 1.29 is 80.2 Å². The van der Waals surface area contributed by atoms with Gasteiger partial charge < -0.3 is 33.8 Å². The van der Waals surface area contributed by atoms with Gasteiger partial charge in [0.2, 0.25) is 0 Å². The van der Waals surface area contributed by atoms with Gasteiger partial charge in [0.1, 0.15) is 19.3 Å². The number of aliphatic hydroxyl groups excluding tert-OH is 1. The molecule has 0 heterocycles. The number of rotatable bonds is 78. The van der Waals surface area contributed by atoms with Crippen molar-refractivity contribution in [3.05, 3.63) is 243 Å². The Kier molecular flexibility index (Phi) is 80.5. The van der Waals surface area contributed by atoms with E-state index < -0.39 is 97.5 Å². The lowest BCUT2D eigenvalue weighted by Gasteiger charge is -2.21. The molecule has 5 atom stereocenters. The molecule has 0 fully saturated rings. The number of carbonyl (C=O) groups excluding carboxylic acids is 4. The minimum absolute atomic E-state index is 0.0169. The van der Waals surface area contributed by atoms with Crippen molar-refractivity contribution in [1.29, 1.82) is 0 Å². The summed E-state index contributed by atoms with van der Waals surface area (Å²) in [5.41, 5.74) is 0. The Morgan fingerprint density at radius 1 is 0.250 bits per heavy atom. The molecule has 0 amide bonds. The van der Waals surface area contributed by atoms with Crippen LogP contribution in [0.4, 0.5) is 0 Å². The molecule has 0 bridgehead atoms. The van der Waals surface area contributed by atoms with Crippen molar-refractivity contribution in [2.45, 2.75) is 303 Å². The van der Waals surface area contributed by atoms with E-state index in [0.717, 1.165) is 154 Å². The van der Waals surface area contributed by atoms with E-state index in [1.165, 1.54) is 38.5 Å². The summed E-state index contributed by atoms with van der Waals surface area (Å²) in [6.07, 6.45) is 113. The fourth-order valence-corrected chi connectivity index (χ4v) is 11.9. The van der Waals surface area contributed by atoms with Gasteiger partial charge in [0.15, 0.2) is 12.2 Å². The Morgan fingerprint density at radius 3 is 0.741 bits per heavy atom. The molecule has 0 aromatic rings. The number of phosphoric acid groups is 2. The Morgan fingerprint density at radius 2 is 0.466 bits per heavy atom. The Hall–Kier alpha value is -7.14. The third-order valence-corrected chi connectivity index (χ3v) is 18.7. The standard InChI is InChI=1S/C97H150O17P2/c1-5-9-13-17-21-25-29-33-37-41-45-49-53-57-61-65-69-73-77-81-94(99)107-87-92(113-96(101)83-79-75-71-67-63-59-55-51-47-43-39-35-31-27-23-19-15-11-7-3)89-111-115(103,104)109-85-91(98)86-110-116(105,106)112-90-93(114-97(102)84-80-76-72-68-64-60-56-52-48-44-40-36-32-28-24-20-16-12-8-4)88-108-95(100)82-78-74-70-66-62-58-54-50-46-42-38-34-30-26-22-18-14-10-6-2/h9,12-13,16,21-28,33-40,45-52,57-64,70-71,74-75,91-93,98H,5-8,10-11,14-15,17-20,29-32,41-44,53-56,65-69,72-73,76-90H2,1-4H3,(H,103,104)(H,105,106)/b13-9-,16-12-,25-21-,26-22-,27-23-,28-24-,37-33-,38-34-,39-35-,40-36-,49-45-,50-46-,51-47-,52-48-,61-57-,62-58-,63-59-,64-60-,74-70-,75-71-/t91-,92-,93-/m1/s1. The van der Waals surface area contributed by atoms with E-state index in [0.29, 0.717) is 38.5 Å². The van der Waals surface area contributed by atoms with Gasteiger partial charge in [-0.15, -0.1) is 0 Å². The van der Waals surface area contributed by atoms with E-state index in [9.17, 15) is 43.2 Å². The van der Waals surface area contributed by atoms with Crippen LogP contribution in [0.5, 0.6) is 0 Å². The number of hydrogen-bond acceptors (Lipinski definition) is 15. The Labute approximate surface area is 701 Å². The highest BCUT2D eigenvalue weighted by atomic mass is 31.2. The van der Waals surface area contributed by atoms with Gasteiger partial charge >= 0.3 is 39.5 Å². The maximum absolute atomic E-state index is 13.2. The van der Waals surface area contributed by atoms with E-state index in [-0.39, 0.29) is 25.7 Å². The van der Waals surface area contributed by atoms with Crippen molar-refractivity contribution in [3.8, 4) is 0 Å². The molecule has 0 spiro atoms. The van der Waals surface area contributed by atoms with E-state index in [1.54, 1.807) is 0 Å². The molecule has 0 aromatic carbocycles. The highest BCUT2D eigenvalue weighted by Gasteiger charge is 2.30. The maximum atomic E-state index is 13.2. The number of aliphatic hydroxyl groups is 1. The Balaban J connectivity index is 5.63. The van der Waals surface area contributed by atoms with Crippen molar-refractivity contribution >= 4 is 39.5 Å². The highest BCUT2D eigenvalue weighted by molar-refractivity contribution is 7.47. The van der Waals surface area contributed by atoms with E-state index in [2.05, 4.69) is 234 Å². The molecule has 2 unspecified atom stereocenters. The number of phosphoric ester groups is 2. The van der Waals surface area contributed by atoms with Gasteiger partial charge in [-0.25, -0.2) is 9.13 Å². The van der Waals surface area contributed by atoms with Crippen molar-refractivity contribution in [3.63, 3.8) is 0 Å². The van der Waals surface area contributed by atoms with Crippen LogP contribution in [0.1, 0.15) is 285 Å². The summed E-state index contributed by atoms with van der Waals surface area (Å²) in [4.78, 5) is 73.3. The topological polar surface area (TPSA) is 237 Å². The summed E-state index contributed by atoms with van der Waals surface area (Å²) in [6, 6.07) is 0. The molecule has 0 aliphatic heterocycles. The lowest BCUT2D eigenvalue weighted by atomic mass is 10.1. The number of unbranched alkanes of at least 4 members (excludes halogenated alkanes) is 12. The fourth-order valence-electron chi connectivity index (χ4n) is 10.3. The lowest BCUT2D eigenvalue weighted by molar-refractivity contribution is -0.161. The molecule has 17 nitrogen and oxygen atoms in total. The first-order chi connectivity index (χ1) is 56.7. The average molecular weight is 1650 g/mol. The zero-order valence-corrected chi connectivity index (χ0v) is 73.1. The molecule has 0 aliphatic rings. The van der Waals surface area contributed by atoms with Crippen LogP contribution in [-0.2, 0) is 65.4 Å². The molecule has 0 aliphatic carbocycles. The first-order valence-corrected chi connectivity index (χ1v) is 46.3. The third kappa shape index (κ3) is 84.8. The zero-order chi connectivity index (χ0) is 84.5. The highest BCUT2D eigenvalue weighted by Crippen LogP contribution is 2.45. The minimum Gasteiger partial charge on any atom is -0.462 e. The number of ether oxygens (including phenoxy) is 4. The van der Waals surface area contributed by atoms with Crippen LogP contribution in [0.3, 0.4) is 0 Å². The molecular weight excluding hydrogens is 1500 g/mol. The van der Waals surface area contributed by atoms with Crippen molar-refractivity contribution in [2.24, 2.45) is 0 Å². The number of allylic oxidation sites excluding steroid dienone is 40. The van der Waals surface area contributed by atoms with Crippen LogP contribution in [-0.4, -0.2) is 96.7 Å². The van der Waals surface area contributed by atoms with Crippen LogP contribution in [0.25, 0.3) is 0 Å². The van der Waals surface area contributed by atoms with E-state index in [1.807, 2.05) is 36.5 Å². The van der Waals surface area contributed by atoms with E-state index in [4.69, 9.17) is 37.0 Å². The molecule has 0 radical (unpaired) electrons. The van der Waals surface area contributed by atoms with Crippen molar-refractivity contribution in [2.75, 3.05) is 39.6 Å². The van der Waals surface area contributed by atoms with Gasteiger partial charge in [-0.2, -0.15) is 0 Å². The van der Waals surface area contributed by atoms with Gasteiger partial charge in [-0.05, 0) is 193 Å². The molecule has 0 aromatic heterocycles. The second-order valence-electron chi connectivity index (χ2n) is 27.6. The first-order valence-electron chi connectivity index (χ1n) is 43.3. The first kappa shape index (κ1) is 109. The maximum Gasteiger partial charge on any atom is 0.472 e. The largest absolute Gasteiger partial charge is 0.472 e. The van der Waals surface area contributed by atoms with Crippen LogP contribution in [0.15, 0.2) is 243 Å². The monoisotopic (exact) mass is 1650 g/mol.